The lowest BCUT2D eigenvalue weighted by molar-refractivity contribution is -0.136. The van der Waals surface area contributed by atoms with Crippen LogP contribution in [0.15, 0.2) is 0 Å². The second kappa shape index (κ2) is 2.10. The van der Waals surface area contributed by atoms with Gasteiger partial charge in [0.05, 0.1) is 7.11 Å². The molecule has 0 aromatic heterocycles. The maximum atomic E-state index is 4.68. The van der Waals surface area contributed by atoms with Crippen molar-refractivity contribution in [2.24, 2.45) is 11.7 Å². The van der Waals surface area contributed by atoms with E-state index in [2.05, 4.69) is 16.5 Å². The minimum absolute atomic E-state index is 0.625. The van der Waals surface area contributed by atoms with Gasteiger partial charge in [0, 0.05) is 0 Å². The van der Waals surface area contributed by atoms with Crippen molar-refractivity contribution in [3.8, 4) is 0 Å². The third-order valence-corrected chi connectivity index (χ3v) is 0.211. The lowest BCUT2D eigenvalue weighted by Crippen LogP contribution is -2.36. The van der Waals surface area contributed by atoms with Crippen LogP contribution in [0.25, 0.3) is 0 Å². The predicted molar refractivity (Wildman–Crippen MR) is 17.2 cm³/mol. The van der Waals surface area contributed by atoms with E-state index in [1.54, 1.807) is 0 Å². The van der Waals surface area contributed by atoms with Gasteiger partial charge < -0.3 is 0 Å². The van der Waals surface area contributed by atoms with Gasteiger partial charge in [0.1, 0.15) is 0 Å². The summed E-state index contributed by atoms with van der Waals surface area (Å²) in [5.41, 5.74) is 0. The van der Waals surface area contributed by atoms with Crippen LogP contribution in [0.5, 0.6) is 0 Å². The Balaban J connectivity index is 2.54. The molecule has 0 radical (unpaired) electrons. The number of hydrazine groups is 2. The quantitative estimate of drug-likeness (QED) is 0.298. The monoisotopic (exact) mass is 77.1 g/mol. The molecule has 0 saturated heterocycles. The van der Waals surface area contributed by atoms with Crippen molar-refractivity contribution in [3.05, 3.63) is 0 Å². The summed E-state index contributed by atoms with van der Waals surface area (Å²) in [6.45, 7) is 0. The van der Waals surface area contributed by atoms with Crippen LogP contribution in [0.3, 0.4) is 0 Å². The maximum Gasteiger partial charge on any atom is 0.0607 e. The Labute approximate surface area is 30.2 Å². The predicted octanol–water partition coefficient (Wildman–Crippen LogP) is -1.40. The van der Waals surface area contributed by atoms with Crippen molar-refractivity contribution in [1.29, 1.82) is 0 Å². The van der Waals surface area contributed by atoms with E-state index in [0.29, 0.717) is 5.28 Å². The molecule has 0 aromatic carbocycles. The second-order valence-electron chi connectivity index (χ2n) is 0.542. The number of hydrogen-bond donors (Lipinski definition) is 2. The largest absolute Gasteiger partial charge is 0.274 e. The highest BCUT2D eigenvalue weighted by atomic mass is 16.7. The van der Waals surface area contributed by atoms with Crippen molar-refractivity contribution in [3.63, 3.8) is 0 Å². The van der Waals surface area contributed by atoms with Crippen LogP contribution in [0.1, 0.15) is 0 Å². The molecule has 5 heavy (non-hydrogen) atoms. The molecule has 0 amide bonds. The average molecular weight is 77.1 g/mol. The Morgan fingerprint density at radius 3 is 1.80 bits per heavy atom. The molecule has 0 aliphatic carbocycles. The minimum atomic E-state index is 0.625. The minimum Gasteiger partial charge on any atom is -0.274 e. The van der Waals surface area contributed by atoms with E-state index in [9.17, 15) is 0 Å². The van der Waals surface area contributed by atoms with E-state index in [-0.39, 0.29) is 0 Å². The van der Waals surface area contributed by atoms with E-state index in [4.69, 9.17) is 0 Å². The lowest BCUT2D eigenvalue weighted by Gasteiger charge is -2.00. The molecule has 0 spiro atoms. The van der Waals surface area contributed by atoms with Gasteiger partial charge in [-0.2, -0.15) is 0 Å². The Morgan fingerprint density at radius 2 is 1.80 bits per heavy atom. The fourth-order valence-corrected chi connectivity index (χ4v) is 0. The van der Waals surface area contributed by atoms with Gasteiger partial charge in [-0.1, -0.05) is 5.28 Å². The second-order valence-corrected chi connectivity index (χ2v) is 0.542. The highest BCUT2D eigenvalue weighted by Gasteiger charge is 1.71. The van der Waals surface area contributed by atoms with Crippen LogP contribution in [0.4, 0.5) is 0 Å². The summed E-state index contributed by atoms with van der Waals surface area (Å²) in [5, 5.41) is 0.625. The topological polar surface area (TPSA) is 64.5 Å². The first-order valence-electron chi connectivity index (χ1n) is 1.11. The van der Waals surface area contributed by atoms with E-state index in [1.165, 1.54) is 7.11 Å². The Bertz CT molecular complexity index is 20.9. The molecule has 0 aliphatic heterocycles. The van der Waals surface area contributed by atoms with Crippen molar-refractivity contribution < 1.29 is 4.84 Å². The molecule has 0 saturated carbocycles. The van der Waals surface area contributed by atoms with Gasteiger partial charge in [0.2, 0.25) is 0 Å². The molecule has 4 N–H and O–H groups in total. The fourth-order valence-electron chi connectivity index (χ4n) is 0. The molecule has 32 valence electrons. The Hall–Kier alpha value is -0.160. The normalized spacial score (nSPS) is 9.60. The summed E-state index contributed by atoms with van der Waals surface area (Å²) >= 11 is 0. The third kappa shape index (κ3) is 3.84. The van der Waals surface area contributed by atoms with E-state index in [0.717, 1.165) is 0 Å². The van der Waals surface area contributed by atoms with E-state index in [1.807, 2.05) is 0 Å². The van der Waals surface area contributed by atoms with Gasteiger partial charge in [-0.15, -0.1) is 0 Å². The zero-order chi connectivity index (χ0) is 4.28. The van der Waals surface area contributed by atoms with Crippen molar-refractivity contribution in [1.82, 2.24) is 5.28 Å². The van der Waals surface area contributed by atoms with Gasteiger partial charge in [-0.05, 0) is 0 Å². The lowest BCUT2D eigenvalue weighted by atomic mass is 11.7. The summed E-state index contributed by atoms with van der Waals surface area (Å²) in [4.78, 5) is 4.14. The summed E-state index contributed by atoms with van der Waals surface area (Å²) < 4.78 is 0. The molecular formula is CH7N3O. The van der Waals surface area contributed by atoms with Crippen molar-refractivity contribution in [2.75, 3.05) is 7.11 Å². The SMILES string of the molecule is CON(N)N. The molecule has 0 bridgehead atoms. The average Bonchev–Trinajstić information content (AvgIpc) is 1.38. The number of hydrogen-bond acceptors (Lipinski definition) is 4. The van der Waals surface area contributed by atoms with Crippen LogP contribution >= 0.6 is 0 Å². The first kappa shape index (κ1) is 4.84. The molecule has 0 aromatic rings. The molecule has 4 nitrogen and oxygen atoms in total. The van der Waals surface area contributed by atoms with Crippen LogP contribution in [0.2, 0.25) is 0 Å². The molecule has 0 atom stereocenters. The highest BCUT2D eigenvalue weighted by Crippen LogP contribution is 1.50. The van der Waals surface area contributed by atoms with Crippen LogP contribution in [-0.4, -0.2) is 12.4 Å². The summed E-state index contributed by atoms with van der Waals surface area (Å²) in [6, 6.07) is 0. The van der Waals surface area contributed by atoms with E-state index >= 15 is 0 Å². The molecule has 0 unspecified atom stereocenters. The standard InChI is InChI=1S/CH7N3O/c1-5-4(2)3/h2-3H2,1H3. The fraction of sp³-hybridized carbons (Fsp3) is 1.00. The van der Waals surface area contributed by atoms with Gasteiger partial charge in [-0.25, -0.2) is 11.7 Å². The number of rotatable bonds is 1. The van der Waals surface area contributed by atoms with Crippen LogP contribution in [-0.2, 0) is 4.84 Å². The van der Waals surface area contributed by atoms with E-state index < -0.39 is 0 Å². The molecule has 0 heterocycles. The summed E-state index contributed by atoms with van der Waals surface area (Å²) in [6.07, 6.45) is 0. The number of nitrogens with two attached hydrogens (primary N) is 2. The summed E-state index contributed by atoms with van der Waals surface area (Å²) in [5.74, 6) is 9.36. The van der Waals surface area contributed by atoms with Gasteiger partial charge in [-0.3, -0.25) is 4.84 Å². The summed E-state index contributed by atoms with van der Waals surface area (Å²) in [7, 11) is 1.38. The molecule has 0 fully saturated rings. The van der Waals surface area contributed by atoms with Crippen molar-refractivity contribution in [2.45, 2.75) is 0 Å². The van der Waals surface area contributed by atoms with Crippen LogP contribution < -0.4 is 11.7 Å². The number of nitrogens with zero attached hydrogens (tertiary/aromatic N) is 1. The highest BCUT2D eigenvalue weighted by molar-refractivity contribution is 3.77. The Morgan fingerprint density at radius 1 is 1.60 bits per heavy atom. The van der Waals surface area contributed by atoms with Crippen LogP contribution in [0, 0.1) is 0 Å². The first-order valence-corrected chi connectivity index (χ1v) is 1.11. The van der Waals surface area contributed by atoms with Gasteiger partial charge in [0.15, 0.2) is 0 Å². The zero-order valence-electron chi connectivity index (χ0n) is 3.01. The maximum absolute atomic E-state index is 4.68. The molecule has 4 heteroatoms. The zero-order valence-corrected chi connectivity index (χ0v) is 3.01. The van der Waals surface area contributed by atoms with Gasteiger partial charge in [0.25, 0.3) is 0 Å². The molecular weight excluding hydrogens is 70.0 g/mol. The third-order valence-electron chi connectivity index (χ3n) is 0.211. The van der Waals surface area contributed by atoms with Gasteiger partial charge >= 0.3 is 0 Å². The molecule has 0 rings (SSSR count). The smallest absolute Gasteiger partial charge is 0.0607 e. The first-order chi connectivity index (χ1) is 2.27. The Kier molecular flexibility index (Phi) is 2.03. The van der Waals surface area contributed by atoms with Crippen molar-refractivity contribution >= 4 is 0 Å². The molecule has 0 aliphatic rings.